The number of pyridine rings is 1. The highest BCUT2D eigenvalue weighted by atomic mass is 79.9. The van der Waals surface area contributed by atoms with Gasteiger partial charge >= 0.3 is 0 Å². The van der Waals surface area contributed by atoms with Crippen LogP contribution in [0.1, 0.15) is 18.4 Å². The van der Waals surface area contributed by atoms with Crippen LogP contribution >= 0.6 is 15.9 Å². The Labute approximate surface area is 173 Å². The van der Waals surface area contributed by atoms with E-state index in [0.29, 0.717) is 26.0 Å². The van der Waals surface area contributed by atoms with Gasteiger partial charge in [0.2, 0.25) is 5.91 Å². The number of carbonyl (C=O) groups excluding carboxylic acids is 1. The molecule has 1 N–H and O–H groups in total. The highest BCUT2D eigenvalue weighted by Gasteiger charge is 2.06. The summed E-state index contributed by atoms with van der Waals surface area (Å²) in [5.74, 6) is 1.60. The van der Waals surface area contributed by atoms with E-state index in [4.69, 9.17) is 9.47 Å². The number of benzene rings is 2. The van der Waals surface area contributed by atoms with Crippen molar-refractivity contribution in [2.45, 2.75) is 19.3 Å². The lowest BCUT2D eigenvalue weighted by atomic mass is 10.1. The van der Waals surface area contributed by atoms with E-state index in [1.807, 2.05) is 48.5 Å². The standard InChI is InChI=1S/C22H23BrN2O3/c1-27-19-10-8-16(15-18(19)23)9-11-21(26)24-13-4-14-28-20-7-2-5-17-6-3-12-25-22(17)20/h2-3,5-8,10,12,15H,4,9,11,13-14H2,1H3,(H,24,26). The molecule has 0 saturated heterocycles. The fourth-order valence-corrected chi connectivity index (χ4v) is 3.47. The lowest BCUT2D eigenvalue weighted by Crippen LogP contribution is -2.25. The minimum atomic E-state index is 0.0405. The predicted octanol–water partition coefficient (Wildman–Crippen LogP) is 4.52. The van der Waals surface area contributed by atoms with Crippen molar-refractivity contribution in [3.05, 3.63) is 64.8 Å². The molecule has 0 atom stereocenters. The maximum absolute atomic E-state index is 12.0. The number of aryl methyl sites for hydroxylation is 1. The highest BCUT2D eigenvalue weighted by molar-refractivity contribution is 9.10. The summed E-state index contributed by atoms with van der Waals surface area (Å²) >= 11 is 3.46. The van der Waals surface area contributed by atoms with Crippen LogP contribution in [0.2, 0.25) is 0 Å². The summed E-state index contributed by atoms with van der Waals surface area (Å²) in [6, 6.07) is 15.7. The van der Waals surface area contributed by atoms with Gasteiger partial charge in [0.05, 0.1) is 18.2 Å². The van der Waals surface area contributed by atoms with Gasteiger partial charge in [0.15, 0.2) is 0 Å². The summed E-state index contributed by atoms with van der Waals surface area (Å²) in [5, 5.41) is 4.00. The average Bonchev–Trinajstić information content (AvgIpc) is 2.72. The van der Waals surface area contributed by atoms with Crippen molar-refractivity contribution in [1.82, 2.24) is 10.3 Å². The second kappa shape index (κ2) is 10.1. The van der Waals surface area contributed by atoms with Crippen LogP contribution in [0.4, 0.5) is 0 Å². The number of carbonyl (C=O) groups is 1. The van der Waals surface area contributed by atoms with E-state index >= 15 is 0 Å². The first-order chi connectivity index (χ1) is 13.7. The van der Waals surface area contributed by atoms with Gasteiger partial charge in [-0.25, -0.2) is 0 Å². The van der Waals surface area contributed by atoms with Gasteiger partial charge in [-0.3, -0.25) is 9.78 Å². The van der Waals surface area contributed by atoms with E-state index in [1.54, 1.807) is 13.3 Å². The second-order valence-corrected chi connectivity index (χ2v) is 7.21. The first kappa shape index (κ1) is 20.1. The fraction of sp³-hybridized carbons (Fsp3) is 0.273. The summed E-state index contributed by atoms with van der Waals surface area (Å²) in [7, 11) is 1.63. The molecule has 2 aromatic carbocycles. The van der Waals surface area contributed by atoms with E-state index < -0.39 is 0 Å². The number of aromatic nitrogens is 1. The Morgan fingerprint density at radius 3 is 2.82 bits per heavy atom. The van der Waals surface area contributed by atoms with Crippen LogP contribution in [0, 0.1) is 0 Å². The molecule has 3 rings (SSSR count). The maximum atomic E-state index is 12.0. The van der Waals surface area contributed by atoms with Crippen LogP contribution in [0.3, 0.4) is 0 Å². The molecule has 6 heteroatoms. The SMILES string of the molecule is COc1ccc(CCC(=O)NCCCOc2cccc3cccnc23)cc1Br. The third-order valence-electron chi connectivity index (χ3n) is 4.35. The summed E-state index contributed by atoms with van der Waals surface area (Å²) in [5.41, 5.74) is 1.95. The number of fused-ring (bicyclic) bond motifs is 1. The molecule has 3 aromatic rings. The highest BCUT2D eigenvalue weighted by Crippen LogP contribution is 2.26. The zero-order chi connectivity index (χ0) is 19.8. The summed E-state index contributed by atoms with van der Waals surface area (Å²) < 4.78 is 11.9. The molecular weight excluding hydrogens is 420 g/mol. The minimum Gasteiger partial charge on any atom is -0.496 e. The van der Waals surface area contributed by atoms with Gasteiger partial charge in [-0.1, -0.05) is 24.3 Å². The Bertz CT molecular complexity index is 941. The molecule has 0 aliphatic heterocycles. The van der Waals surface area contributed by atoms with Crippen LogP contribution in [-0.4, -0.2) is 31.2 Å². The smallest absolute Gasteiger partial charge is 0.220 e. The third-order valence-corrected chi connectivity index (χ3v) is 4.97. The molecule has 1 aromatic heterocycles. The van der Waals surface area contributed by atoms with E-state index in [1.165, 1.54) is 0 Å². The molecule has 28 heavy (non-hydrogen) atoms. The van der Waals surface area contributed by atoms with E-state index in [2.05, 4.69) is 26.2 Å². The van der Waals surface area contributed by atoms with Crippen LogP contribution in [-0.2, 0) is 11.2 Å². The summed E-state index contributed by atoms with van der Waals surface area (Å²) in [6.07, 6.45) is 3.64. The molecular formula is C22H23BrN2O3. The Kier molecular flexibility index (Phi) is 7.25. The average molecular weight is 443 g/mol. The monoisotopic (exact) mass is 442 g/mol. The first-order valence-electron chi connectivity index (χ1n) is 9.23. The molecule has 5 nitrogen and oxygen atoms in total. The molecule has 1 heterocycles. The number of hydrogen-bond donors (Lipinski definition) is 1. The Morgan fingerprint density at radius 1 is 1.14 bits per heavy atom. The van der Waals surface area contributed by atoms with Crippen LogP contribution < -0.4 is 14.8 Å². The first-order valence-corrected chi connectivity index (χ1v) is 10.0. The minimum absolute atomic E-state index is 0.0405. The van der Waals surface area contributed by atoms with Crippen LogP contribution in [0.15, 0.2) is 59.2 Å². The van der Waals surface area contributed by atoms with Crippen LogP contribution in [0.25, 0.3) is 10.9 Å². The lowest BCUT2D eigenvalue weighted by molar-refractivity contribution is -0.121. The van der Waals surface area contributed by atoms with Gasteiger partial charge in [0.25, 0.3) is 0 Å². The number of hydrogen-bond acceptors (Lipinski definition) is 4. The molecule has 1 amide bonds. The topological polar surface area (TPSA) is 60.5 Å². The van der Waals surface area contributed by atoms with Crippen molar-refractivity contribution in [3.8, 4) is 11.5 Å². The van der Waals surface area contributed by atoms with Gasteiger partial charge in [-0.15, -0.1) is 0 Å². The molecule has 0 unspecified atom stereocenters. The molecule has 146 valence electrons. The van der Waals surface area contributed by atoms with E-state index in [-0.39, 0.29) is 5.91 Å². The number of halogens is 1. The lowest BCUT2D eigenvalue weighted by Gasteiger charge is -2.09. The number of amides is 1. The molecule has 0 saturated carbocycles. The van der Waals surface area contributed by atoms with Crippen molar-refractivity contribution in [3.63, 3.8) is 0 Å². The van der Waals surface area contributed by atoms with E-state index in [0.717, 1.165) is 38.9 Å². The number of para-hydroxylation sites is 1. The Morgan fingerprint density at radius 2 is 2.00 bits per heavy atom. The van der Waals surface area contributed by atoms with Crippen molar-refractivity contribution in [2.24, 2.45) is 0 Å². The van der Waals surface area contributed by atoms with Gasteiger partial charge in [-0.05, 0) is 58.6 Å². The number of nitrogens with one attached hydrogen (secondary N) is 1. The summed E-state index contributed by atoms with van der Waals surface area (Å²) in [4.78, 5) is 16.4. The molecule has 0 radical (unpaired) electrons. The van der Waals surface area contributed by atoms with Gasteiger partial charge in [0, 0.05) is 24.5 Å². The predicted molar refractivity (Wildman–Crippen MR) is 114 cm³/mol. The van der Waals surface area contributed by atoms with Crippen LogP contribution in [0.5, 0.6) is 11.5 Å². The van der Waals surface area contributed by atoms with Gasteiger partial charge in [0.1, 0.15) is 17.0 Å². The van der Waals surface area contributed by atoms with Gasteiger partial charge in [-0.2, -0.15) is 0 Å². The van der Waals surface area contributed by atoms with Crippen molar-refractivity contribution in [2.75, 3.05) is 20.3 Å². The molecule has 0 spiro atoms. The van der Waals surface area contributed by atoms with Crippen molar-refractivity contribution in [1.29, 1.82) is 0 Å². The molecule has 0 aliphatic rings. The van der Waals surface area contributed by atoms with Gasteiger partial charge < -0.3 is 14.8 Å². The zero-order valence-electron chi connectivity index (χ0n) is 15.8. The summed E-state index contributed by atoms with van der Waals surface area (Å²) in [6.45, 7) is 1.12. The number of nitrogens with zero attached hydrogens (tertiary/aromatic N) is 1. The number of methoxy groups -OCH3 is 1. The molecule has 0 aliphatic carbocycles. The number of rotatable bonds is 9. The van der Waals surface area contributed by atoms with E-state index in [9.17, 15) is 4.79 Å². The number of ether oxygens (including phenoxy) is 2. The zero-order valence-corrected chi connectivity index (χ0v) is 17.4. The van der Waals surface area contributed by atoms with Crippen molar-refractivity contribution >= 4 is 32.7 Å². The largest absolute Gasteiger partial charge is 0.496 e. The molecule has 0 fully saturated rings. The normalized spacial score (nSPS) is 10.6. The Hall–Kier alpha value is -2.60. The van der Waals surface area contributed by atoms with Crippen molar-refractivity contribution < 1.29 is 14.3 Å². The second-order valence-electron chi connectivity index (χ2n) is 6.35. The fourth-order valence-electron chi connectivity index (χ4n) is 2.89. The maximum Gasteiger partial charge on any atom is 0.220 e. The quantitative estimate of drug-likeness (QED) is 0.494. The third kappa shape index (κ3) is 5.45. The molecule has 0 bridgehead atoms. The Balaban J connectivity index is 1.37.